The van der Waals surface area contributed by atoms with E-state index >= 15 is 0 Å². The lowest BCUT2D eigenvalue weighted by atomic mass is 10.0. The lowest BCUT2D eigenvalue weighted by molar-refractivity contribution is -0.131. The SMILES string of the molecule is O=C1N(CCN2CCCC2)C(C2CCCC2)NC12CC2. The van der Waals surface area contributed by atoms with Crippen molar-refractivity contribution in [3.05, 3.63) is 0 Å². The van der Waals surface area contributed by atoms with Gasteiger partial charge in [0.1, 0.15) is 0 Å². The Morgan fingerprint density at radius 2 is 1.75 bits per heavy atom. The summed E-state index contributed by atoms with van der Waals surface area (Å²) in [7, 11) is 0. The van der Waals surface area contributed by atoms with Crippen molar-refractivity contribution in [1.29, 1.82) is 0 Å². The van der Waals surface area contributed by atoms with E-state index in [9.17, 15) is 4.79 Å². The molecule has 112 valence electrons. The van der Waals surface area contributed by atoms with Gasteiger partial charge in [0.15, 0.2) is 0 Å². The van der Waals surface area contributed by atoms with Gasteiger partial charge in [-0.2, -0.15) is 0 Å². The topological polar surface area (TPSA) is 35.6 Å². The third kappa shape index (κ3) is 2.17. The van der Waals surface area contributed by atoms with Gasteiger partial charge in [-0.15, -0.1) is 0 Å². The Labute approximate surface area is 121 Å². The summed E-state index contributed by atoms with van der Waals surface area (Å²) < 4.78 is 0. The van der Waals surface area contributed by atoms with Crippen LogP contribution in [0.5, 0.6) is 0 Å². The molecule has 1 N–H and O–H groups in total. The van der Waals surface area contributed by atoms with Crippen LogP contribution in [-0.2, 0) is 4.79 Å². The molecule has 0 aromatic carbocycles. The van der Waals surface area contributed by atoms with Crippen molar-refractivity contribution in [2.75, 3.05) is 26.2 Å². The molecule has 1 spiro atoms. The minimum absolute atomic E-state index is 0.127. The van der Waals surface area contributed by atoms with Gasteiger partial charge >= 0.3 is 0 Å². The van der Waals surface area contributed by atoms with Crippen LogP contribution in [0.15, 0.2) is 0 Å². The monoisotopic (exact) mass is 277 g/mol. The van der Waals surface area contributed by atoms with Gasteiger partial charge in [-0.1, -0.05) is 12.8 Å². The van der Waals surface area contributed by atoms with Crippen LogP contribution < -0.4 is 5.32 Å². The molecule has 4 fully saturated rings. The average molecular weight is 277 g/mol. The van der Waals surface area contributed by atoms with Crippen molar-refractivity contribution in [3.63, 3.8) is 0 Å². The average Bonchev–Trinajstić information content (AvgIpc) is 2.90. The second-order valence-electron chi connectivity index (χ2n) is 7.26. The van der Waals surface area contributed by atoms with Gasteiger partial charge < -0.3 is 9.80 Å². The van der Waals surface area contributed by atoms with E-state index in [1.54, 1.807) is 0 Å². The van der Waals surface area contributed by atoms with Gasteiger partial charge in [0.25, 0.3) is 0 Å². The van der Waals surface area contributed by atoms with E-state index in [2.05, 4.69) is 15.1 Å². The smallest absolute Gasteiger partial charge is 0.244 e. The van der Waals surface area contributed by atoms with Gasteiger partial charge in [-0.3, -0.25) is 10.1 Å². The van der Waals surface area contributed by atoms with Crippen LogP contribution in [-0.4, -0.2) is 53.6 Å². The van der Waals surface area contributed by atoms with Gasteiger partial charge in [-0.25, -0.2) is 0 Å². The Balaban J connectivity index is 1.43. The molecule has 0 aromatic rings. The Morgan fingerprint density at radius 3 is 2.40 bits per heavy atom. The van der Waals surface area contributed by atoms with E-state index in [1.165, 1.54) is 51.6 Å². The molecule has 4 aliphatic rings. The van der Waals surface area contributed by atoms with E-state index in [4.69, 9.17) is 0 Å². The molecule has 0 bridgehead atoms. The molecule has 4 rings (SSSR count). The van der Waals surface area contributed by atoms with Gasteiger partial charge in [0, 0.05) is 13.1 Å². The second-order valence-corrected chi connectivity index (χ2v) is 7.26. The Bertz CT molecular complexity index is 381. The molecular weight excluding hydrogens is 250 g/mol. The highest BCUT2D eigenvalue weighted by molar-refractivity contribution is 5.91. The number of carbonyl (C=O) groups is 1. The van der Waals surface area contributed by atoms with E-state index < -0.39 is 0 Å². The number of carbonyl (C=O) groups excluding carboxylic acids is 1. The first kappa shape index (κ1) is 13.1. The van der Waals surface area contributed by atoms with Crippen molar-refractivity contribution in [2.24, 2.45) is 5.92 Å². The summed E-state index contributed by atoms with van der Waals surface area (Å²) in [5, 5.41) is 3.72. The zero-order chi connectivity index (χ0) is 13.6. The Kier molecular flexibility index (Phi) is 3.26. The van der Waals surface area contributed by atoms with Crippen LogP contribution in [0.2, 0.25) is 0 Å². The normalized spacial score (nSPS) is 33.7. The summed E-state index contributed by atoms with van der Waals surface area (Å²) in [4.78, 5) is 17.4. The molecule has 1 amide bonds. The highest BCUT2D eigenvalue weighted by atomic mass is 16.2. The molecule has 2 saturated carbocycles. The van der Waals surface area contributed by atoms with Crippen LogP contribution in [0, 0.1) is 5.92 Å². The maximum absolute atomic E-state index is 12.7. The molecule has 20 heavy (non-hydrogen) atoms. The molecule has 0 radical (unpaired) electrons. The highest BCUT2D eigenvalue weighted by Gasteiger charge is 2.60. The zero-order valence-electron chi connectivity index (χ0n) is 12.4. The minimum Gasteiger partial charge on any atom is -0.324 e. The van der Waals surface area contributed by atoms with E-state index in [-0.39, 0.29) is 5.54 Å². The molecule has 2 aliphatic carbocycles. The van der Waals surface area contributed by atoms with Gasteiger partial charge in [0.2, 0.25) is 5.91 Å². The predicted molar refractivity (Wildman–Crippen MR) is 78.2 cm³/mol. The molecule has 2 saturated heterocycles. The third-order valence-electron chi connectivity index (χ3n) is 5.88. The van der Waals surface area contributed by atoms with Crippen LogP contribution in [0.25, 0.3) is 0 Å². The number of hydrogen-bond donors (Lipinski definition) is 1. The maximum Gasteiger partial charge on any atom is 0.244 e. The zero-order valence-corrected chi connectivity index (χ0v) is 12.4. The number of rotatable bonds is 4. The summed E-state index contributed by atoms with van der Waals surface area (Å²) in [6.07, 6.45) is 10.5. The van der Waals surface area contributed by atoms with Gasteiger partial charge in [-0.05, 0) is 57.5 Å². The van der Waals surface area contributed by atoms with Crippen LogP contribution in [0.4, 0.5) is 0 Å². The molecular formula is C16H27N3O. The van der Waals surface area contributed by atoms with Crippen LogP contribution >= 0.6 is 0 Å². The summed E-state index contributed by atoms with van der Waals surface area (Å²) >= 11 is 0. The van der Waals surface area contributed by atoms with Crippen LogP contribution in [0.1, 0.15) is 51.4 Å². The largest absolute Gasteiger partial charge is 0.324 e. The predicted octanol–water partition coefficient (Wildman–Crippen LogP) is 1.56. The lowest BCUT2D eigenvalue weighted by Gasteiger charge is -2.30. The first-order valence-corrected chi connectivity index (χ1v) is 8.60. The summed E-state index contributed by atoms with van der Waals surface area (Å²) in [5.74, 6) is 1.12. The Morgan fingerprint density at radius 1 is 1.05 bits per heavy atom. The van der Waals surface area contributed by atoms with Crippen molar-refractivity contribution in [1.82, 2.24) is 15.1 Å². The quantitative estimate of drug-likeness (QED) is 0.847. The fourth-order valence-corrected chi connectivity index (χ4v) is 4.45. The lowest BCUT2D eigenvalue weighted by Crippen LogP contribution is -2.45. The first-order valence-electron chi connectivity index (χ1n) is 8.60. The number of likely N-dealkylation sites (tertiary alicyclic amines) is 1. The van der Waals surface area contributed by atoms with E-state index in [0.29, 0.717) is 18.0 Å². The van der Waals surface area contributed by atoms with Crippen LogP contribution in [0.3, 0.4) is 0 Å². The molecule has 1 atom stereocenters. The Hall–Kier alpha value is -0.610. The first-order chi connectivity index (χ1) is 9.78. The number of nitrogens with zero attached hydrogens (tertiary/aromatic N) is 2. The molecule has 0 aromatic heterocycles. The van der Waals surface area contributed by atoms with Gasteiger partial charge in [0.05, 0.1) is 11.7 Å². The highest BCUT2D eigenvalue weighted by Crippen LogP contribution is 2.45. The summed E-state index contributed by atoms with van der Waals surface area (Å²) in [5.41, 5.74) is -0.127. The fraction of sp³-hybridized carbons (Fsp3) is 0.938. The number of amides is 1. The number of hydrogen-bond acceptors (Lipinski definition) is 3. The standard InChI is InChI=1S/C16H27N3O/c20-15-16(7-8-16)17-14(13-5-1-2-6-13)19(15)12-11-18-9-3-4-10-18/h13-14,17H,1-12H2. The molecule has 4 heteroatoms. The number of nitrogens with one attached hydrogen (secondary N) is 1. The summed E-state index contributed by atoms with van der Waals surface area (Å²) in [6.45, 7) is 4.48. The van der Waals surface area contributed by atoms with Crippen molar-refractivity contribution in [3.8, 4) is 0 Å². The van der Waals surface area contributed by atoms with E-state index in [1.807, 2.05) is 0 Å². The third-order valence-corrected chi connectivity index (χ3v) is 5.88. The van der Waals surface area contributed by atoms with E-state index in [0.717, 1.165) is 25.9 Å². The van der Waals surface area contributed by atoms with Crippen molar-refractivity contribution in [2.45, 2.75) is 63.1 Å². The summed E-state index contributed by atoms with van der Waals surface area (Å²) in [6, 6.07) is 0. The fourth-order valence-electron chi connectivity index (χ4n) is 4.45. The maximum atomic E-state index is 12.7. The second kappa shape index (κ2) is 4.99. The molecule has 2 heterocycles. The minimum atomic E-state index is -0.127. The molecule has 1 unspecified atom stereocenters. The van der Waals surface area contributed by atoms with Crippen molar-refractivity contribution < 1.29 is 4.79 Å². The molecule has 2 aliphatic heterocycles. The molecule has 4 nitrogen and oxygen atoms in total. The van der Waals surface area contributed by atoms with Crippen molar-refractivity contribution >= 4 is 5.91 Å².